The van der Waals surface area contributed by atoms with Crippen molar-refractivity contribution in [3.8, 4) is 0 Å². The number of nitrogens with two attached hydrogens (primary N) is 1. The second-order valence-corrected chi connectivity index (χ2v) is 3.23. The molecule has 15 heavy (non-hydrogen) atoms. The minimum Gasteiger partial charge on any atom is -0.465 e. The molecule has 0 bridgehead atoms. The van der Waals surface area contributed by atoms with Crippen molar-refractivity contribution in [1.82, 2.24) is 9.78 Å². The van der Waals surface area contributed by atoms with Gasteiger partial charge in [0.25, 0.3) is 5.56 Å². The van der Waals surface area contributed by atoms with Gasteiger partial charge < -0.3 is 15.6 Å². The summed E-state index contributed by atoms with van der Waals surface area (Å²) in [4.78, 5) is 22.6. The summed E-state index contributed by atoms with van der Waals surface area (Å²) in [6.07, 6.45) is 1.73. The molecule has 1 atom stereocenters. The Hall–Kier alpha value is -1.56. The SMILES string of the molecule is CCOC(=O)[C@H](N)Cc1c[nH]n(C)c1=O. The first kappa shape index (κ1) is 11.5. The Kier molecular flexibility index (Phi) is 3.68. The summed E-state index contributed by atoms with van der Waals surface area (Å²) in [5.74, 6) is -0.485. The first-order chi connectivity index (χ1) is 7.06. The third-order valence-electron chi connectivity index (χ3n) is 2.04. The van der Waals surface area contributed by atoms with Gasteiger partial charge in [-0.1, -0.05) is 0 Å². The van der Waals surface area contributed by atoms with E-state index in [1.54, 1.807) is 20.2 Å². The van der Waals surface area contributed by atoms with Crippen molar-refractivity contribution in [2.75, 3.05) is 6.61 Å². The molecule has 84 valence electrons. The Balaban J connectivity index is 2.66. The molecule has 0 saturated heterocycles. The molecule has 0 fully saturated rings. The van der Waals surface area contributed by atoms with Crippen molar-refractivity contribution in [3.05, 3.63) is 22.1 Å². The molecule has 0 saturated carbocycles. The van der Waals surface area contributed by atoms with E-state index in [2.05, 4.69) is 5.10 Å². The van der Waals surface area contributed by atoms with Crippen molar-refractivity contribution in [2.45, 2.75) is 19.4 Å². The van der Waals surface area contributed by atoms with Gasteiger partial charge in [0.15, 0.2) is 0 Å². The third-order valence-corrected chi connectivity index (χ3v) is 2.04. The summed E-state index contributed by atoms with van der Waals surface area (Å²) >= 11 is 0. The zero-order valence-corrected chi connectivity index (χ0v) is 8.82. The number of carbonyl (C=O) groups excluding carboxylic acids is 1. The van der Waals surface area contributed by atoms with Gasteiger partial charge in [-0.2, -0.15) is 0 Å². The first-order valence-corrected chi connectivity index (χ1v) is 4.71. The van der Waals surface area contributed by atoms with Crippen molar-refractivity contribution >= 4 is 5.97 Å². The molecular weight excluding hydrogens is 198 g/mol. The van der Waals surface area contributed by atoms with E-state index in [4.69, 9.17) is 10.5 Å². The molecule has 1 aromatic heterocycles. The van der Waals surface area contributed by atoms with Crippen LogP contribution in [0, 0.1) is 0 Å². The second kappa shape index (κ2) is 4.79. The Bertz CT molecular complexity index is 394. The third kappa shape index (κ3) is 2.69. The molecule has 1 heterocycles. The van der Waals surface area contributed by atoms with Gasteiger partial charge >= 0.3 is 5.97 Å². The smallest absolute Gasteiger partial charge is 0.323 e. The van der Waals surface area contributed by atoms with Crippen LogP contribution in [0.25, 0.3) is 0 Å². The van der Waals surface area contributed by atoms with Crippen LogP contribution >= 0.6 is 0 Å². The summed E-state index contributed by atoms with van der Waals surface area (Å²) in [6.45, 7) is 2.00. The summed E-state index contributed by atoms with van der Waals surface area (Å²) in [5.41, 5.74) is 5.89. The Morgan fingerprint density at radius 2 is 2.40 bits per heavy atom. The lowest BCUT2D eigenvalue weighted by Gasteiger charge is -2.08. The van der Waals surface area contributed by atoms with Crippen LogP contribution in [0.5, 0.6) is 0 Å². The number of hydrogen-bond acceptors (Lipinski definition) is 4. The predicted octanol–water partition coefficient (Wildman–Crippen LogP) is -0.854. The molecule has 6 heteroatoms. The quantitative estimate of drug-likeness (QED) is 0.637. The highest BCUT2D eigenvalue weighted by Crippen LogP contribution is 1.96. The molecular formula is C9H15N3O3. The highest BCUT2D eigenvalue weighted by Gasteiger charge is 2.17. The maximum Gasteiger partial charge on any atom is 0.323 e. The normalized spacial score (nSPS) is 12.5. The molecule has 1 rings (SSSR count). The van der Waals surface area contributed by atoms with Crippen molar-refractivity contribution in [2.24, 2.45) is 12.8 Å². The summed E-state index contributed by atoms with van der Waals surface area (Å²) in [7, 11) is 1.60. The van der Waals surface area contributed by atoms with E-state index in [-0.39, 0.29) is 18.6 Å². The van der Waals surface area contributed by atoms with Gasteiger partial charge in [0.05, 0.1) is 6.61 Å². The average Bonchev–Trinajstić information content (AvgIpc) is 2.50. The van der Waals surface area contributed by atoms with Crippen LogP contribution in [0.15, 0.2) is 11.0 Å². The largest absolute Gasteiger partial charge is 0.465 e. The summed E-state index contributed by atoms with van der Waals surface area (Å²) < 4.78 is 6.07. The van der Waals surface area contributed by atoms with E-state index in [1.165, 1.54) is 4.68 Å². The van der Waals surface area contributed by atoms with Gasteiger partial charge in [-0.05, 0) is 6.92 Å². The Labute approximate surface area is 87.0 Å². The minimum atomic E-state index is -0.784. The maximum atomic E-state index is 11.4. The highest BCUT2D eigenvalue weighted by atomic mass is 16.5. The van der Waals surface area contributed by atoms with E-state index in [0.29, 0.717) is 5.56 Å². The molecule has 0 radical (unpaired) electrons. The number of H-pyrrole nitrogens is 1. The van der Waals surface area contributed by atoms with E-state index < -0.39 is 12.0 Å². The van der Waals surface area contributed by atoms with Crippen LogP contribution in [0.1, 0.15) is 12.5 Å². The van der Waals surface area contributed by atoms with Gasteiger partial charge in [0.1, 0.15) is 6.04 Å². The van der Waals surface area contributed by atoms with Crippen LogP contribution in [-0.2, 0) is 23.0 Å². The Morgan fingerprint density at radius 1 is 1.73 bits per heavy atom. The van der Waals surface area contributed by atoms with E-state index >= 15 is 0 Å². The van der Waals surface area contributed by atoms with Crippen LogP contribution < -0.4 is 11.3 Å². The zero-order valence-electron chi connectivity index (χ0n) is 8.82. The number of ether oxygens (including phenoxy) is 1. The standard InChI is InChI=1S/C9H15N3O3/c1-3-15-9(14)7(10)4-6-5-11-12(2)8(6)13/h5,7,11H,3-4,10H2,1-2H3/t7-/m1/s1. The fraction of sp³-hybridized carbons (Fsp3) is 0.556. The van der Waals surface area contributed by atoms with Crippen LogP contribution in [-0.4, -0.2) is 28.4 Å². The lowest BCUT2D eigenvalue weighted by atomic mass is 10.1. The number of hydrogen-bond donors (Lipinski definition) is 2. The lowest BCUT2D eigenvalue weighted by Crippen LogP contribution is -2.35. The number of aromatic amines is 1. The monoisotopic (exact) mass is 213 g/mol. The summed E-state index contributed by atoms with van der Waals surface area (Å²) in [5, 5.41) is 2.71. The van der Waals surface area contributed by atoms with Crippen LogP contribution in [0.4, 0.5) is 0 Å². The number of carbonyl (C=O) groups is 1. The number of nitrogens with zero attached hydrogens (tertiary/aromatic N) is 1. The fourth-order valence-corrected chi connectivity index (χ4v) is 1.23. The second-order valence-electron chi connectivity index (χ2n) is 3.23. The number of aryl methyl sites for hydroxylation is 1. The van der Waals surface area contributed by atoms with Gasteiger partial charge in [-0.15, -0.1) is 0 Å². The van der Waals surface area contributed by atoms with Gasteiger partial charge in [0, 0.05) is 25.2 Å². The minimum absolute atomic E-state index is 0.172. The van der Waals surface area contributed by atoms with Gasteiger partial charge in [-0.25, -0.2) is 0 Å². The van der Waals surface area contributed by atoms with Gasteiger partial charge in [0.2, 0.25) is 0 Å². The highest BCUT2D eigenvalue weighted by molar-refractivity contribution is 5.75. The molecule has 3 N–H and O–H groups in total. The number of aromatic nitrogens is 2. The zero-order chi connectivity index (χ0) is 11.4. The molecule has 6 nitrogen and oxygen atoms in total. The van der Waals surface area contributed by atoms with Crippen molar-refractivity contribution in [1.29, 1.82) is 0 Å². The van der Waals surface area contributed by atoms with Crippen LogP contribution in [0.2, 0.25) is 0 Å². The van der Waals surface area contributed by atoms with Crippen molar-refractivity contribution < 1.29 is 9.53 Å². The van der Waals surface area contributed by atoms with E-state index in [1.807, 2.05) is 0 Å². The number of nitrogens with one attached hydrogen (secondary N) is 1. The molecule has 0 spiro atoms. The van der Waals surface area contributed by atoms with E-state index in [0.717, 1.165) is 0 Å². The van der Waals surface area contributed by atoms with Crippen LogP contribution in [0.3, 0.4) is 0 Å². The molecule has 0 aliphatic rings. The number of esters is 1. The molecule has 0 unspecified atom stereocenters. The lowest BCUT2D eigenvalue weighted by molar-refractivity contribution is -0.144. The topological polar surface area (TPSA) is 90.1 Å². The average molecular weight is 213 g/mol. The summed E-state index contributed by atoms with van der Waals surface area (Å²) in [6, 6.07) is -0.784. The van der Waals surface area contributed by atoms with E-state index in [9.17, 15) is 9.59 Å². The number of rotatable bonds is 4. The fourth-order valence-electron chi connectivity index (χ4n) is 1.23. The first-order valence-electron chi connectivity index (χ1n) is 4.71. The maximum absolute atomic E-state index is 11.4. The predicted molar refractivity (Wildman–Crippen MR) is 54.3 cm³/mol. The molecule has 0 aromatic carbocycles. The Morgan fingerprint density at radius 3 is 2.87 bits per heavy atom. The molecule has 0 amide bonds. The molecule has 0 aliphatic carbocycles. The van der Waals surface area contributed by atoms with Crippen molar-refractivity contribution in [3.63, 3.8) is 0 Å². The molecule has 1 aromatic rings. The molecule has 0 aliphatic heterocycles. The van der Waals surface area contributed by atoms with Gasteiger partial charge in [-0.3, -0.25) is 14.3 Å².